The minimum Gasteiger partial charge on any atom is -0.497 e. The fourth-order valence-corrected chi connectivity index (χ4v) is 3.33. The molecule has 1 fully saturated rings. The maximum Gasteiger partial charge on any atom is 0.142 e. The van der Waals surface area contributed by atoms with Gasteiger partial charge in [0.2, 0.25) is 0 Å². The van der Waals surface area contributed by atoms with Gasteiger partial charge in [-0.3, -0.25) is 0 Å². The maximum absolute atomic E-state index is 10.5. The molecule has 136 valence electrons. The average Bonchev–Trinajstić information content (AvgIpc) is 2.52. The fourth-order valence-electron chi connectivity index (χ4n) is 3.33. The Kier molecular flexibility index (Phi) is 5.99. The molecule has 0 amide bonds. The fraction of sp³-hybridized carbons (Fsp3) is 0.684. The SMILES string of the molecule is COc1ccc(OC)c(N2CC(N)CC(CC(O)C(C)(C)C)C2)c1. The molecule has 3 unspecified atom stereocenters. The number of hydrogen-bond acceptors (Lipinski definition) is 5. The predicted octanol–water partition coefficient (Wildman–Crippen LogP) is 2.65. The van der Waals surface area contributed by atoms with E-state index < -0.39 is 0 Å². The number of ether oxygens (including phenoxy) is 2. The van der Waals surface area contributed by atoms with Gasteiger partial charge in [0, 0.05) is 25.2 Å². The van der Waals surface area contributed by atoms with Gasteiger partial charge in [0.25, 0.3) is 0 Å². The topological polar surface area (TPSA) is 68.0 Å². The number of rotatable bonds is 5. The molecule has 1 aromatic carbocycles. The van der Waals surface area contributed by atoms with Crippen LogP contribution in [-0.2, 0) is 0 Å². The number of methoxy groups -OCH3 is 2. The Hall–Kier alpha value is -1.46. The molecule has 0 spiro atoms. The lowest BCUT2D eigenvalue weighted by molar-refractivity contribution is 0.0381. The second-order valence-corrected chi connectivity index (χ2v) is 7.92. The van der Waals surface area contributed by atoms with Crippen molar-refractivity contribution in [3.05, 3.63) is 18.2 Å². The van der Waals surface area contributed by atoms with Gasteiger partial charge in [-0.05, 0) is 36.3 Å². The second kappa shape index (κ2) is 7.62. The highest BCUT2D eigenvalue weighted by atomic mass is 16.5. The van der Waals surface area contributed by atoms with Crippen molar-refractivity contribution in [1.29, 1.82) is 0 Å². The molecule has 1 aliphatic heterocycles. The molecule has 0 radical (unpaired) electrons. The summed E-state index contributed by atoms with van der Waals surface area (Å²) in [7, 11) is 3.34. The van der Waals surface area contributed by atoms with Crippen LogP contribution >= 0.6 is 0 Å². The maximum atomic E-state index is 10.5. The van der Waals surface area contributed by atoms with E-state index in [0.717, 1.165) is 43.1 Å². The van der Waals surface area contributed by atoms with Crippen LogP contribution in [0.25, 0.3) is 0 Å². The Bertz CT molecular complexity index is 542. The quantitative estimate of drug-likeness (QED) is 0.865. The van der Waals surface area contributed by atoms with E-state index in [9.17, 15) is 5.11 Å². The summed E-state index contributed by atoms with van der Waals surface area (Å²) >= 11 is 0. The van der Waals surface area contributed by atoms with Crippen LogP contribution in [0.2, 0.25) is 0 Å². The molecule has 2 rings (SSSR count). The van der Waals surface area contributed by atoms with Crippen LogP contribution in [0.15, 0.2) is 18.2 Å². The zero-order valence-corrected chi connectivity index (χ0v) is 15.6. The summed E-state index contributed by atoms with van der Waals surface area (Å²) < 4.78 is 10.9. The highest BCUT2D eigenvalue weighted by molar-refractivity contribution is 5.62. The van der Waals surface area contributed by atoms with Crippen molar-refractivity contribution >= 4 is 5.69 Å². The second-order valence-electron chi connectivity index (χ2n) is 7.92. The Balaban J connectivity index is 2.19. The highest BCUT2D eigenvalue weighted by Crippen LogP contribution is 2.36. The first kappa shape index (κ1) is 18.9. The first-order valence-electron chi connectivity index (χ1n) is 8.65. The van der Waals surface area contributed by atoms with Gasteiger partial charge in [0.15, 0.2) is 0 Å². The first-order chi connectivity index (χ1) is 11.2. The average molecular weight is 336 g/mol. The number of piperidine rings is 1. The third-order valence-electron chi connectivity index (χ3n) is 4.85. The van der Waals surface area contributed by atoms with Crippen molar-refractivity contribution < 1.29 is 14.6 Å². The largest absolute Gasteiger partial charge is 0.497 e. The van der Waals surface area contributed by atoms with Crippen LogP contribution in [0.3, 0.4) is 0 Å². The van der Waals surface area contributed by atoms with E-state index >= 15 is 0 Å². The highest BCUT2D eigenvalue weighted by Gasteiger charge is 2.31. The monoisotopic (exact) mass is 336 g/mol. The number of aliphatic hydroxyl groups excluding tert-OH is 1. The molecule has 3 N–H and O–H groups in total. The van der Waals surface area contributed by atoms with Gasteiger partial charge in [-0.15, -0.1) is 0 Å². The standard InChI is InChI=1S/C19H32N2O3/c1-19(2,3)18(22)9-13-8-14(20)12-21(11-13)16-10-15(23-4)6-7-17(16)24-5/h6-7,10,13-14,18,22H,8-9,11-12,20H2,1-5H3. The van der Waals surface area contributed by atoms with Gasteiger partial charge in [0.1, 0.15) is 11.5 Å². The van der Waals surface area contributed by atoms with Gasteiger partial charge in [-0.1, -0.05) is 20.8 Å². The summed E-state index contributed by atoms with van der Waals surface area (Å²) in [5.41, 5.74) is 7.20. The third kappa shape index (κ3) is 4.54. The molecule has 24 heavy (non-hydrogen) atoms. The van der Waals surface area contributed by atoms with E-state index in [4.69, 9.17) is 15.2 Å². The zero-order chi connectivity index (χ0) is 17.9. The molecule has 3 atom stereocenters. The molecule has 1 heterocycles. The molecule has 1 aromatic rings. The van der Waals surface area contributed by atoms with Crippen LogP contribution in [-0.4, -0.2) is 44.6 Å². The number of nitrogens with two attached hydrogens (primary N) is 1. The minimum atomic E-state index is -0.332. The molecular formula is C19H32N2O3. The molecule has 0 saturated carbocycles. The number of aliphatic hydroxyl groups is 1. The Labute approximate surface area is 145 Å². The van der Waals surface area contributed by atoms with Crippen molar-refractivity contribution in [2.45, 2.75) is 45.8 Å². The van der Waals surface area contributed by atoms with E-state index in [2.05, 4.69) is 25.7 Å². The minimum absolute atomic E-state index is 0.0897. The van der Waals surface area contributed by atoms with Crippen molar-refractivity contribution in [2.24, 2.45) is 17.1 Å². The molecule has 5 heteroatoms. The van der Waals surface area contributed by atoms with Crippen molar-refractivity contribution in [2.75, 3.05) is 32.2 Å². The van der Waals surface area contributed by atoms with E-state index in [1.165, 1.54) is 0 Å². The molecule has 0 bridgehead atoms. The molecule has 1 saturated heterocycles. The molecule has 5 nitrogen and oxygen atoms in total. The zero-order valence-electron chi connectivity index (χ0n) is 15.6. The number of benzene rings is 1. The van der Waals surface area contributed by atoms with Gasteiger partial charge in [-0.2, -0.15) is 0 Å². The smallest absolute Gasteiger partial charge is 0.142 e. The molecule has 0 aromatic heterocycles. The summed E-state index contributed by atoms with van der Waals surface area (Å²) in [6.07, 6.45) is 1.37. The summed E-state index contributed by atoms with van der Waals surface area (Å²) in [6.45, 7) is 7.87. The third-order valence-corrected chi connectivity index (χ3v) is 4.85. The number of nitrogens with zero attached hydrogens (tertiary/aromatic N) is 1. The summed E-state index contributed by atoms with van der Waals surface area (Å²) in [6, 6.07) is 5.90. The molecular weight excluding hydrogens is 304 g/mol. The van der Waals surface area contributed by atoms with Crippen LogP contribution in [0, 0.1) is 11.3 Å². The lowest BCUT2D eigenvalue weighted by Crippen LogP contribution is -2.48. The lowest BCUT2D eigenvalue weighted by atomic mass is 9.80. The normalized spacial score (nSPS) is 23.0. The summed E-state index contributed by atoms with van der Waals surface area (Å²) in [4.78, 5) is 2.26. The van der Waals surface area contributed by atoms with Crippen LogP contribution in [0.5, 0.6) is 11.5 Å². The van der Waals surface area contributed by atoms with Crippen molar-refractivity contribution in [3.8, 4) is 11.5 Å². The van der Waals surface area contributed by atoms with E-state index in [0.29, 0.717) is 5.92 Å². The van der Waals surface area contributed by atoms with Crippen LogP contribution < -0.4 is 20.1 Å². The van der Waals surface area contributed by atoms with E-state index in [-0.39, 0.29) is 17.6 Å². The van der Waals surface area contributed by atoms with Gasteiger partial charge in [0.05, 0.1) is 26.0 Å². The van der Waals surface area contributed by atoms with Crippen LogP contribution in [0.1, 0.15) is 33.6 Å². The number of anilines is 1. The Morgan fingerprint density at radius 3 is 2.54 bits per heavy atom. The number of hydrogen-bond donors (Lipinski definition) is 2. The first-order valence-corrected chi connectivity index (χ1v) is 8.65. The molecule has 0 aliphatic carbocycles. The Morgan fingerprint density at radius 2 is 1.96 bits per heavy atom. The lowest BCUT2D eigenvalue weighted by Gasteiger charge is -2.40. The van der Waals surface area contributed by atoms with Gasteiger partial charge >= 0.3 is 0 Å². The summed E-state index contributed by atoms with van der Waals surface area (Å²) in [5.74, 6) is 1.98. The van der Waals surface area contributed by atoms with E-state index in [1.54, 1.807) is 14.2 Å². The predicted molar refractivity (Wildman–Crippen MR) is 97.9 cm³/mol. The van der Waals surface area contributed by atoms with Gasteiger partial charge in [-0.25, -0.2) is 0 Å². The summed E-state index contributed by atoms with van der Waals surface area (Å²) in [5, 5.41) is 10.5. The van der Waals surface area contributed by atoms with Gasteiger partial charge < -0.3 is 25.2 Å². The Morgan fingerprint density at radius 1 is 1.25 bits per heavy atom. The van der Waals surface area contributed by atoms with Crippen molar-refractivity contribution in [1.82, 2.24) is 0 Å². The van der Waals surface area contributed by atoms with E-state index in [1.807, 2.05) is 18.2 Å². The van der Waals surface area contributed by atoms with Crippen LogP contribution in [0.4, 0.5) is 5.69 Å². The molecule has 1 aliphatic rings. The van der Waals surface area contributed by atoms with Crippen molar-refractivity contribution in [3.63, 3.8) is 0 Å².